The molecular weight excluding hydrogens is 611 g/mol. The van der Waals surface area contributed by atoms with Crippen LogP contribution >= 0.6 is 55.1 Å². The van der Waals surface area contributed by atoms with Crippen LogP contribution in [-0.4, -0.2) is 49.2 Å². The molecule has 34 heavy (non-hydrogen) atoms. The Labute approximate surface area is 223 Å². The summed E-state index contributed by atoms with van der Waals surface area (Å²) in [6, 6.07) is 11.4. The molecule has 10 heteroatoms. The average molecular weight is 631 g/mol. The lowest BCUT2D eigenvalue weighted by atomic mass is 9.81. The predicted octanol–water partition coefficient (Wildman–Crippen LogP) is 5.54. The smallest absolute Gasteiger partial charge is 0.275 e. The Morgan fingerprint density at radius 3 is 2.00 bits per heavy atom. The minimum Gasteiger partial charge on any atom is -0.292 e. The lowest BCUT2D eigenvalue weighted by molar-refractivity contribution is -0.156. The summed E-state index contributed by atoms with van der Waals surface area (Å²) in [5.41, 5.74) is 0.388. The van der Waals surface area contributed by atoms with Crippen LogP contribution in [0.3, 0.4) is 0 Å². The maximum absolute atomic E-state index is 13.7. The quantitative estimate of drug-likeness (QED) is 0.247. The Balaban J connectivity index is 1.76. The normalized spacial score (nSPS) is 25.1. The molecule has 2 fully saturated rings. The van der Waals surface area contributed by atoms with Gasteiger partial charge in [0.25, 0.3) is 17.7 Å². The Morgan fingerprint density at radius 1 is 0.941 bits per heavy atom. The van der Waals surface area contributed by atoms with Gasteiger partial charge in [0.15, 0.2) is 5.78 Å². The van der Waals surface area contributed by atoms with Crippen molar-refractivity contribution in [2.75, 3.05) is 0 Å². The van der Waals surface area contributed by atoms with Crippen LogP contribution in [0.25, 0.3) is 0 Å². The van der Waals surface area contributed by atoms with E-state index in [1.165, 1.54) is 31.2 Å². The van der Waals surface area contributed by atoms with Gasteiger partial charge in [-0.2, -0.15) is 5.01 Å². The van der Waals surface area contributed by atoms with Crippen molar-refractivity contribution in [3.05, 3.63) is 69.7 Å². The first-order valence-electron chi connectivity index (χ1n) is 10.7. The number of imide groups is 1. The van der Waals surface area contributed by atoms with E-state index in [0.717, 1.165) is 10.0 Å². The second-order valence-corrected chi connectivity index (χ2v) is 11.6. The van der Waals surface area contributed by atoms with Crippen molar-refractivity contribution in [1.29, 1.82) is 0 Å². The highest BCUT2D eigenvalue weighted by Gasteiger charge is 2.55. The number of Topliss-reactive ketones (excluding diaryl/α,β-unsaturated/α-hetero) is 1. The van der Waals surface area contributed by atoms with Gasteiger partial charge in [-0.05, 0) is 56.2 Å². The van der Waals surface area contributed by atoms with E-state index in [4.69, 9.17) is 23.2 Å². The van der Waals surface area contributed by atoms with Crippen molar-refractivity contribution in [3.8, 4) is 0 Å². The van der Waals surface area contributed by atoms with Crippen LogP contribution in [0.2, 0.25) is 10.0 Å². The second-order valence-electron chi connectivity index (χ2n) is 8.38. The topological polar surface area (TPSA) is 74.8 Å². The zero-order chi connectivity index (χ0) is 24.7. The molecule has 178 valence electrons. The van der Waals surface area contributed by atoms with Crippen LogP contribution < -0.4 is 0 Å². The summed E-state index contributed by atoms with van der Waals surface area (Å²) >= 11 is 19.4. The minimum absolute atomic E-state index is 0.00583. The summed E-state index contributed by atoms with van der Waals surface area (Å²) in [7, 11) is 0. The fourth-order valence-corrected chi connectivity index (χ4v) is 6.03. The van der Waals surface area contributed by atoms with Crippen molar-refractivity contribution in [2.45, 2.75) is 35.5 Å². The fraction of sp³-hybridized carbons (Fsp3) is 0.333. The molecule has 1 aliphatic carbocycles. The molecule has 1 heterocycles. The summed E-state index contributed by atoms with van der Waals surface area (Å²) < 4.78 is 0. The van der Waals surface area contributed by atoms with Crippen molar-refractivity contribution >= 4 is 78.6 Å². The first-order chi connectivity index (χ1) is 16.1. The Bertz CT molecular complexity index is 1130. The summed E-state index contributed by atoms with van der Waals surface area (Å²) in [5.74, 6) is -3.28. The lowest BCUT2D eigenvalue weighted by Gasteiger charge is -2.35. The zero-order valence-electron chi connectivity index (χ0n) is 18.0. The number of hydrazine groups is 1. The Kier molecular flexibility index (Phi) is 7.53. The van der Waals surface area contributed by atoms with Crippen LogP contribution in [0.4, 0.5) is 0 Å². The summed E-state index contributed by atoms with van der Waals surface area (Å²) in [4.78, 5) is 54.1. The van der Waals surface area contributed by atoms with Gasteiger partial charge < -0.3 is 0 Å². The number of halogens is 4. The Hall–Kier alpha value is -1.74. The van der Waals surface area contributed by atoms with Gasteiger partial charge in [0.2, 0.25) is 0 Å². The first-order valence-corrected chi connectivity index (χ1v) is 13.2. The highest BCUT2D eigenvalue weighted by atomic mass is 79.9. The van der Waals surface area contributed by atoms with E-state index >= 15 is 0 Å². The zero-order valence-corrected chi connectivity index (χ0v) is 22.6. The third kappa shape index (κ3) is 4.57. The van der Waals surface area contributed by atoms with E-state index in [2.05, 4.69) is 31.9 Å². The first kappa shape index (κ1) is 25.4. The number of rotatable bonds is 5. The van der Waals surface area contributed by atoms with Gasteiger partial charge in [0, 0.05) is 20.2 Å². The fourth-order valence-electron chi connectivity index (χ4n) is 4.45. The maximum Gasteiger partial charge on any atom is 0.275 e. The highest BCUT2D eigenvalue weighted by molar-refractivity contribution is 9.12. The van der Waals surface area contributed by atoms with Gasteiger partial charge in [-0.25, -0.2) is 5.01 Å². The standard InChI is InChI=1S/C24H20Br2Cl2N2O4/c1-12(21(31)13-6-8-14(27)9-7-13)29(22(32)15-4-2-3-5-20(15)28)30-23(33)16-10-18(25)19(26)11-17(16)24(30)34/h2-9,12,16-19H,10-11H2,1H3/t12-,16-,17-,18+,19+/m1/s1. The molecule has 0 N–H and O–H groups in total. The number of fused-ring (bicyclic) bond motifs is 1. The maximum atomic E-state index is 13.7. The van der Waals surface area contributed by atoms with Crippen LogP contribution in [0, 0.1) is 11.8 Å². The highest BCUT2D eigenvalue weighted by Crippen LogP contribution is 2.44. The molecule has 6 nitrogen and oxygen atoms in total. The predicted molar refractivity (Wildman–Crippen MR) is 136 cm³/mol. The number of ketones is 1. The number of hydrogen-bond acceptors (Lipinski definition) is 4. The number of hydrogen-bond donors (Lipinski definition) is 0. The summed E-state index contributed by atoms with van der Waals surface area (Å²) in [6.45, 7) is 1.49. The van der Waals surface area contributed by atoms with Crippen LogP contribution in [0.5, 0.6) is 0 Å². The second kappa shape index (κ2) is 10.1. The summed E-state index contributed by atoms with van der Waals surface area (Å²) in [6.07, 6.45) is 0.880. The van der Waals surface area contributed by atoms with Gasteiger partial charge >= 0.3 is 0 Å². The van der Waals surface area contributed by atoms with Crippen molar-refractivity contribution in [2.24, 2.45) is 11.8 Å². The summed E-state index contributed by atoms with van der Waals surface area (Å²) in [5, 5.41) is 2.44. The van der Waals surface area contributed by atoms with Crippen LogP contribution in [-0.2, 0) is 9.59 Å². The van der Waals surface area contributed by atoms with Gasteiger partial charge in [-0.15, -0.1) is 0 Å². The van der Waals surface area contributed by atoms with Crippen molar-refractivity contribution in [3.63, 3.8) is 0 Å². The molecule has 0 aromatic heterocycles. The average Bonchev–Trinajstić information content (AvgIpc) is 3.04. The van der Waals surface area contributed by atoms with Gasteiger partial charge in [0.1, 0.15) is 6.04 Å². The molecule has 0 unspecified atom stereocenters. The molecule has 0 spiro atoms. The van der Waals surface area contributed by atoms with E-state index in [1.54, 1.807) is 24.3 Å². The number of carbonyl (C=O) groups is 4. The van der Waals surface area contributed by atoms with Crippen LogP contribution in [0.15, 0.2) is 48.5 Å². The van der Waals surface area contributed by atoms with Gasteiger partial charge in [-0.3, -0.25) is 19.2 Å². The molecule has 2 aromatic rings. The number of nitrogens with zero attached hydrogens (tertiary/aromatic N) is 2. The number of carbonyl (C=O) groups excluding carboxylic acids is 4. The van der Waals surface area contributed by atoms with Gasteiger partial charge in [0.05, 0.1) is 22.4 Å². The molecule has 0 radical (unpaired) electrons. The van der Waals surface area contributed by atoms with Crippen LogP contribution in [0.1, 0.15) is 40.5 Å². The molecular formula is C24H20Br2Cl2N2O4. The molecule has 1 saturated carbocycles. The molecule has 5 atom stereocenters. The molecule has 4 rings (SSSR count). The van der Waals surface area contributed by atoms with Crippen molar-refractivity contribution in [1.82, 2.24) is 10.0 Å². The SMILES string of the molecule is C[C@H](C(=O)c1ccc(Cl)cc1)N(C(=O)c1ccccc1Cl)N1C(=O)[C@@H]2C[C@H](Br)[C@@H](Br)C[C@H]2C1=O. The lowest BCUT2D eigenvalue weighted by Crippen LogP contribution is -2.56. The minimum atomic E-state index is -1.16. The molecule has 1 aliphatic heterocycles. The molecule has 2 aliphatic rings. The third-order valence-corrected chi connectivity index (χ3v) is 9.61. The number of benzene rings is 2. The molecule has 2 aromatic carbocycles. The molecule has 3 amide bonds. The monoisotopic (exact) mass is 628 g/mol. The van der Waals surface area contributed by atoms with Crippen molar-refractivity contribution < 1.29 is 19.2 Å². The van der Waals surface area contributed by atoms with E-state index in [-0.39, 0.29) is 20.2 Å². The number of alkyl halides is 2. The van der Waals surface area contributed by atoms with E-state index in [0.29, 0.717) is 23.4 Å². The third-order valence-electron chi connectivity index (χ3n) is 6.29. The number of amides is 3. The Morgan fingerprint density at radius 2 is 1.47 bits per heavy atom. The molecule has 1 saturated heterocycles. The van der Waals surface area contributed by atoms with E-state index < -0.39 is 41.4 Å². The van der Waals surface area contributed by atoms with Gasteiger partial charge in [-0.1, -0.05) is 67.2 Å². The molecule has 0 bridgehead atoms. The van der Waals surface area contributed by atoms with E-state index in [9.17, 15) is 19.2 Å². The van der Waals surface area contributed by atoms with E-state index in [1.807, 2.05) is 0 Å². The largest absolute Gasteiger partial charge is 0.292 e.